The standard InChI is InChI=1S/C23H24ClN5O3S/c24-19-5-3-16(11-17(19)14-29-7-9-33(31,32)10-8-29)23(30)26-18-4-6-20(25-13-18)22-12-21(27-28-22)15-1-2-15/h3-6,11-13,15H,1-2,7-10,14H2,(H,26,30)(H,27,28). The Balaban J connectivity index is 1.24. The van der Waals surface area contributed by atoms with Gasteiger partial charge in [-0.3, -0.25) is 19.8 Å². The number of carbonyl (C=O) groups is 1. The number of rotatable bonds is 6. The number of halogens is 1. The molecule has 1 aliphatic carbocycles. The topological polar surface area (TPSA) is 108 Å². The van der Waals surface area contributed by atoms with Crippen molar-refractivity contribution in [3.63, 3.8) is 0 Å². The highest BCUT2D eigenvalue weighted by Gasteiger charge is 2.26. The van der Waals surface area contributed by atoms with Crippen LogP contribution in [0.1, 0.15) is 40.4 Å². The summed E-state index contributed by atoms with van der Waals surface area (Å²) in [5.41, 5.74) is 4.54. The molecule has 1 aromatic carbocycles. The maximum atomic E-state index is 12.8. The fraction of sp³-hybridized carbons (Fsp3) is 0.348. The number of aromatic amines is 1. The molecule has 0 unspecified atom stereocenters. The van der Waals surface area contributed by atoms with Crippen molar-refractivity contribution in [2.45, 2.75) is 25.3 Å². The van der Waals surface area contributed by atoms with Crippen LogP contribution in [0.4, 0.5) is 5.69 Å². The summed E-state index contributed by atoms with van der Waals surface area (Å²) in [6.07, 6.45) is 4.02. The van der Waals surface area contributed by atoms with E-state index in [1.807, 2.05) is 17.0 Å². The third kappa shape index (κ3) is 5.26. The van der Waals surface area contributed by atoms with Crippen LogP contribution in [-0.2, 0) is 16.4 Å². The smallest absolute Gasteiger partial charge is 0.255 e. The second kappa shape index (κ2) is 8.89. The highest BCUT2D eigenvalue weighted by atomic mass is 35.5. The molecule has 10 heteroatoms. The van der Waals surface area contributed by atoms with Crippen LogP contribution in [-0.4, -0.2) is 59.0 Å². The number of hydrogen-bond donors (Lipinski definition) is 2. The molecule has 0 atom stereocenters. The summed E-state index contributed by atoms with van der Waals surface area (Å²) in [4.78, 5) is 19.3. The quantitative estimate of drug-likeness (QED) is 0.553. The highest BCUT2D eigenvalue weighted by Crippen LogP contribution is 2.39. The van der Waals surface area contributed by atoms with Crippen molar-refractivity contribution in [3.05, 3.63) is 64.4 Å². The average molecular weight is 486 g/mol. The van der Waals surface area contributed by atoms with Gasteiger partial charge < -0.3 is 5.32 Å². The van der Waals surface area contributed by atoms with E-state index < -0.39 is 9.84 Å². The Morgan fingerprint density at radius 2 is 1.91 bits per heavy atom. The average Bonchev–Trinajstić information content (AvgIpc) is 3.54. The van der Waals surface area contributed by atoms with Gasteiger partial charge in [-0.2, -0.15) is 5.10 Å². The number of aromatic nitrogens is 3. The molecule has 1 aliphatic heterocycles. The van der Waals surface area contributed by atoms with E-state index in [2.05, 4.69) is 20.5 Å². The van der Waals surface area contributed by atoms with Gasteiger partial charge >= 0.3 is 0 Å². The first-order valence-corrected chi connectivity index (χ1v) is 13.1. The Morgan fingerprint density at radius 3 is 2.61 bits per heavy atom. The number of nitrogens with one attached hydrogen (secondary N) is 2. The minimum absolute atomic E-state index is 0.147. The van der Waals surface area contributed by atoms with Gasteiger partial charge in [-0.25, -0.2) is 8.42 Å². The lowest BCUT2D eigenvalue weighted by molar-refractivity contribution is 0.102. The fourth-order valence-electron chi connectivity index (χ4n) is 3.88. The summed E-state index contributed by atoms with van der Waals surface area (Å²) in [5.74, 6) is 0.624. The molecule has 0 radical (unpaired) electrons. The Morgan fingerprint density at radius 1 is 1.12 bits per heavy atom. The van der Waals surface area contributed by atoms with Crippen molar-refractivity contribution in [3.8, 4) is 11.4 Å². The van der Waals surface area contributed by atoms with E-state index in [9.17, 15) is 13.2 Å². The fourth-order valence-corrected chi connectivity index (χ4v) is 5.33. The van der Waals surface area contributed by atoms with E-state index in [-0.39, 0.29) is 17.4 Å². The van der Waals surface area contributed by atoms with Gasteiger partial charge in [0.05, 0.1) is 29.1 Å². The number of sulfone groups is 1. The molecule has 2 aromatic heterocycles. The summed E-state index contributed by atoms with van der Waals surface area (Å²) >= 11 is 6.34. The van der Waals surface area contributed by atoms with Crippen LogP contribution in [0.15, 0.2) is 42.6 Å². The van der Waals surface area contributed by atoms with Gasteiger partial charge in [0.15, 0.2) is 9.84 Å². The van der Waals surface area contributed by atoms with Gasteiger partial charge in [-0.15, -0.1) is 0 Å². The summed E-state index contributed by atoms with van der Waals surface area (Å²) in [6.45, 7) is 1.43. The molecular formula is C23H24ClN5O3S. The summed E-state index contributed by atoms with van der Waals surface area (Å²) < 4.78 is 23.3. The zero-order valence-corrected chi connectivity index (χ0v) is 19.5. The first-order valence-electron chi connectivity index (χ1n) is 10.9. The molecule has 2 N–H and O–H groups in total. The normalized spacial score (nSPS) is 18.2. The molecule has 172 valence electrons. The summed E-state index contributed by atoms with van der Waals surface area (Å²) in [6, 6.07) is 10.8. The number of benzene rings is 1. The first kappa shape index (κ1) is 22.1. The number of nitrogens with zero attached hydrogens (tertiary/aromatic N) is 3. The third-order valence-electron chi connectivity index (χ3n) is 6.04. The predicted molar refractivity (Wildman–Crippen MR) is 127 cm³/mol. The number of H-pyrrole nitrogens is 1. The molecule has 0 bridgehead atoms. The minimum Gasteiger partial charge on any atom is -0.321 e. The van der Waals surface area contributed by atoms with E-state index in [1.54, 1.807) is 30.5 Å². The van der Waals surface area contributed by atoms with Crippen molar-refractivity contribution in [1.29, 1.82) is 0 Å². The second-order valence-corrected chi connectivity index (χ2v) is 11.3. The first-order chi connectivity index (χ1) is 15.9. The van der Waals surface area contributed by atoms with Crippen molar-refractivity contribution in [2.75, 3.05) is 29.9 Å². The van der Waals surface area contributed by atoms with E-state index >= 15 is 0 Å². The molecule has 33 heavy (non-hydrogen) atoms. The lowest BCUT2D eigenvalue weighted by Gasteiger charge is -2.27. The number of carbonyl (C=O) groups excluding carboxylic acids is 1. The van der Waals surface area contributed by atoms with Crippen LogP contribution in [0.25, 0.3) is 11.4 Å². The number of pyridine rings is 1. The molecular weight excluding hydrogens is 462 g/mol. The second-order valence-electron chi connectivity index (χ2n) is 8.60. The Kier molecular flexibility index (Phi) is 5.94. The Hall–Kier alpha value is -2.75. The van der Waals surface area contributed by atoms with Crippen molar-refractivity contribution in [1.82, 2.24) is 20.1 Å². The predicted octanol–water partition coefficient (Wildman–Crippen LogP) is 3.49. The van der Waals surface area contributed by atoms with Crippen LogP contribution >= 0.6 is 11.6 Å². The zero-order chi connectivity index (χ0) is 23.0. The minimum atomic E-state index is -2.95. The highest BCUT2D eigenvalue weighted by molar-refractivity contribution is 7.91. The summed E-state index contributed by atoms with van der Waals surface area (Å²) in [7, 11) is -2.95. The molecule has 5 rings (SSSR count). The van der Waals surface area contributed by atoms with E-state index in [4.69, 9.17) is 11.6 Å². The van der Waals surface area contributed by atoms with Crippen LogP contribution in [0.5, 0.6) is 0 Å². The Bertz CT molecular complexity index is 1270. The molecule has 2 fully saturated rings. The molecule has 8 nitrogen and oxygen atoms in total. The van der Waals surface area contributed by atoms with Crippen LogP contribution in [0.2, 0.25) is 5.02 Å². The molecule has 2 aliphatic rings. The maximum absolute atomic E-state index is 12.8. The number of amides is 1. The lowest BCUT2D eigenvalue weighted by atomic mass is 10.1. The molecule has 3 heterocycles. The molecule has 1 amide bonds. The van der Waals surface area contributed by atoms with Crippen LogP contribution in [0.3, 0.4) is 0 Å². The molecule has 1 saturated carbocycles. The van der Waals surface area contributed by atoms with Crippen molar-refractivity contribution in [2.24, 2.45) is 0 Å². The van der Waals surface area contributed by atoms with Gasteiger partial charge in [0.1, 0.15) is 5.69 Å². The molecule has 1 saturated heterocycles. The largest absolute Gasteiger partial charge is 0.321 e. The van der Waals surface area contributed by atoms with Crippen LogP contribution < -0.4 is 5.32 Å². The number of hydrogen-bond acceptors (Lipinski definition) is 6. The molecule has 0 spiro atoms. The monoisotopic (exact) mass is 485 g/mol. The van der Waals surface area contributed by atoms with Gasteiger partial charge in [0.25, 0.3) is 5.91 Å². The number of anilines is 1. The third-order valence-corrected chi connectivity index (χ3v) is 8.02. The lowest BCUT2D eigenvalue weighted by Crippen LogP contribution is -2.39. The van der Waals surface area contributed by atoms with Crippen LogP contribution in [0, 0.1) is 0 Å². The zero-order valence-electron chi connectivity index (χ0n) is 17.9. The maximum Gasteiger partial charge on any atom is 0.255 e. The SMILES string of the molecule is O=C(Nc1ccc(-c2cc(C3CC3)[nH]n2)nc1)c1ccc(Cl)c(CN2CCS(=O)(=O)CC2)c1. The van der Waals surface area contributed by atoms with E-state index in [0.29, 0.717) is 41.8 Å². The molecule has 3 aromatic rings. The van der Waals surface area contributed by atoms with E-state index in [0.717, 1.165) is 22.6 Å². The van der Waals surface area contributed by atoms with Gasteiger partial charge in [0.2, 0.25) is 0 Å². The Labute approximate surface area is 197 Å². The van der Waals surface area contributed by atoms with Crippen molar-refractivity contribution >= 4 is 33.0 Å². The summed E-state index contributed by atoms with van der Waals surface area (Å²) in [5, 5.41) is 10.8. The van der Waals surface area contributed by atoms with E-state index in [1.165, 1.54) is 12.8 Å². The van der Waals surface area contributed by atoms with Gasteiger partial charge in [-0.05, 0) is 54.8 Å². The van der Waals surface area contributed by atoms with Gasteiger partial charge in [-0.1, -0.05) is 11.6 Å². The van der Waals surface area contributed by atoms with Crippen molar-refractivity contribution < 1.29 is 13.2 Å². The van der Waals surface area contributed by atoms with Gasteiger partial charge in [0, 0.05) is 41.8 Å².